The van der Waals surface area contributed by atoms with Crippen molar-refractivity contribution in [2.24, 2.45) is 5.92 Å². The number of hydrogen-bond donors (Lipinski definition) is 2. The monoisotopic (exact) mass is 460 g/mol. The van der Waals surface area contributed by atoms with Crippen LogP contribution in [-0.2, 0) is 13.1 Å². The molecule has 1 aromatic carbocycles. The Balaban J connectivity index is 1.21. The summed E-state index contributed by atoms with van der Waals surface area (Å²) in [5.74, 6) is 1.32. The predicted molar refractivity (Wildman–Crippen MR) is 132 cm³/mol. The van der Waals surface area contributed by atoms with Crippen LogP contribution in [0, 0.1) is 5.92 Å². The molecule has 7 heteroatoms. The Morgan fingerprint density at radius 1 is 1.03 bits per heavy atom. The maximum Gasteiger partial charge on any atom is 0.317 e. The van der Waals surface area contributed by atoms with Crippen LogP contribution in [0.5, 0.6) is 0 Å². The predicted octanol–water partition coefficient (Wildman–Crippen LogP) is 4.67. The molecular weight excluding hydrogens is 428 g/mol. The number of pyridine rings is 1. The van der Waals surface area contributed by atoms with Gasteiger partial charge in [0.05, 0.1) is 12.2 Å². The normalized spacial score (nSPS) is 22.4. The molecule has 2 atom stereocenters. The van der Waals surface area contributed by atoms with E-state index in [0.717, 1.165) is 53.9 Å². The molecule has 2 aliphatic heterocycles. The Labute approximate surface area is 199 Å². The van der Waals surface area contributed by atoms with Crippen LogP contribution in [0.2, 0.25) is 0 Å². The van der Waals surface area contributed by atoms with Crippen molar-refractivity contribution in [1.29, 1.82) is 0 Å². The third-order valence-electron chi connectivity index (χ3n) is 7.74. The van der Waals surface area contributed by atoms with E-state index in [-0.39, 0.29) is 17.5 Å². The van der Waals surface area contributed by atoms with Gasteiger partial charge in [-0.3, -0.25) is 4.79 Å². The SMILES string of the molecule is O=C(NC1CCCCC1)N1C[C@@H]2C[C@@H](C1)c1c(NCc3cc4ccccc4o3)ccc(=O)n1C2. The number of nitrogens with one attached hydrogen (secondary N) is 2. The Kier molecular flexibility index (Phi) is 5.55. The van der Waals surface area contributed by atoms with Crippen LogP contribution < -0.4 is 16.2 Å². The van der Waals surface area contributed by atoms with Crippen molar-refractivity contribution in [3.8, 4) is 0 Å². The summed E-state index contributed by atoms with van der Waals surface area (Å²) in [6.07, 6.45) is 6.85. The van der Waals surface area contributed by atoms with Gasteiger partial charge in [0.1, 0.15) is 11.3 Å². The van der Waals surface area contributed by atoms with E-state index in [4.69, 9.17) is 4.42 Å². The average Bonchev–Trinajstić information content (AvgIpc) is 3.27. The Hall–Kier alpha value is -3.22. The average molecular weight is 461 g/mol. The standard InChI is InChI=1S/C27H32N4O3/c32-25-11-10-23(28-14-22-13-19-6-4-5-9-24(19)34-22)26-20-12-18(16-31(25)26)15-30(17-20)27(33)29-21-7-2-1-3-8-21/h4-6,9-11,13,18,20-21,28H,1-3,7-8,12,14-17H2,(H,29,33)/t18-,20-/m0/s1. The molecule has 3 aliphatic rings. The fourth-order valence-corrected chi connectivity index (χ4v) is 6.15. The third-order valence-corrected chi connectivity index (χ3v) is 7.74. The van der Waals surface area contributed by atoms with Gasteiger partial charge in [-0.15, -0.1) is 0 Å². The topological polar surface area (TPSA) is 79.5 Å². The quantitative estimate of drug-likeness (QED) is 0.593. The van der Waals surface area contributed by atoms with Gasteiger partial charge in [-0.05, 0) is 43.4 Å². The van der Waals surface area contributed by atoms with Gasteiger partial charge in [0.2, 0.25) is 0 Å². The molecule has 34 heavy (non-hydrogen) atoms. The van der Waals surface area contributed by atoms with Crippen molar-refractivity contribution in [1.82, 2.24) is 14.8 Å². The summed E-state index contributed by atoms with van der Waals surface area (Å²) < 4.78 is 7.89. The summed E-state index contributed by atoms with van der Waals surface area (Å²) >= 11 is 0. The number of hydrogen-bond acceptors (Lipinski definition) is 4. The highest BCUT2D eigenvalue weighted by Crippen LogP contribution is 2.38. The number of urea groups is 1. The third kappa shape index (κ3) is 4.08. The lowest BCUT2D eigenvalue weighted by atomic mass is 9.82. The highest BCUT2D eigenvalue weighted by molar-refractivity contribution is 5.77. The lowest BCUT2D eigenvalue weighted by molar-refractivity contribution is 0.128. The largest absolute Gasteiger partial charge is 0.459 e. The number of nitrogens with zero attached hydrogens (tertiary/aromatic N) is 2. The number of fused-ring (bicyclic) bond motifs is 5. The van der Waals surface area contributed by atoms with Crippen LogP contribution in [0.15, 0.2) is 51.7 Å². The van der Waals surface area contributed by atoms with Gasteiger partial charge in [-0.1, -0.05) is 37.5 Å². The van der Waals surface area contributed by atoms with Gasteiger partial charge >= 0.3 is 6.03 Å². The van der Waals surface area contributed by atoms with Gasteiger partial charge in [0.25, 0.3) is 5.56 Å². The molecule has 0 radical (unpaired) electrons. The highest BCUT2D eigenvalue weighted by atomic mass is 16.3. The van der Waals surface area contributed by atoms with Crippen molar-refractivity contribution < 1.29 is 9.21 Å². The van der Waals surface area contributed by atoms with Crippen LogP contribution in [0.3, 0.4) is 0 Å². The fourth-order valence-electron chi connectivity index (χ4n) is 6.15. The number of amides is 2. The molecular formula is C27H32N4O3. The lowest BCUT2D eigenvalue weighted by Gasteiger charge is -2.43. The minimum absolute atomic E-state index is 0.0408. The molecule has 7 nitrogen and oxygen atoms in total. The second-order valence-corrected chi connectivity index (χ2v) is 10.2. The first kappa shape index (κ1) is 21.3. The lowest BCUT2D eigenvalue weighted by Crippen LogP contribution is -2.53. The molecule has 1 aliphatic carbocycles. The van der Waals surface area contributed by atoms with Crippen molar-refractivity contribution in [3.05, 3.63) is 64.3 Å². The number of piperidine rings is 1. The molecule has 1 saturated heterocycles. The number of para-hydroxylation sites is 1. The first-order valence-corrected chi connectivity index (χ1v) is 12.6. The second kappa shape index (κ2) is 8.85. The van der Waals surface area contributed by atoms with E-state index in [1.165, 1.54) is 19.3 Å². The van der Waals surface area contributed by atoms with E-state index < -0.39 is 0 Å². The minimum Gasteiger partial charge on any atom is -0.459 e. The summed E-state index contributed by atoms with van der Waals surface area (Å²) in [6.45, 7) is 2.58. The molecule has 3 aromatic rings. The highest BCUT2D eigenvalue weighted by Gasteiger charge is 2.38. The van der Waals surface area contributed by atoms with Crippen molar-refractivity contribution >= 4 is 22.7 Å². The molecule has 0 spiro atoms. The number of benzene rings is 1. The van der Waals surface area contributed by atoms with E-state index in [1.54, 1.807) is 6.07 Å². The van der Waals surface area contributed by atoms with Crippen molar-refractivity contribution in [2.75, 3.05) is 18.4 Å². The molecule has 2 N–H and O–H groups in total. The van der Waals surface area contributed by atoms with Crippen molar-refractivity contribution in [3.63, 3.8) is 0 Å². The minimum atomic E-state index is 0.0408. The van der Waals surface area contributed by atoms with Crippen molar-refractivity contribution in [2.45, 2.75) is 63.6 Å². The molecule has 6 rings (SSSR count). The van der Waals surface area contributed by atoms with E-state index in [0.29, 0.717) is 31.6 Å². The van der Waals surface area contributed by atoms with Gasteiger partial charge < -0.3 is 24.5 Å². The maximum absolute atomic E-state index is 13.1. The molecule has 0 unspecified atom stereocenters. The van der Waals surface area contributed by atoms with Gasteiger partial charge in [-0.2, -0.15) is 0 Å². The summed E-state index contributed by atoms with van der Waals surface area (Å²) in [4.78, 5) is 27.8. The van der Waals surface area contributed by atoms with Crippen LogP contribution >= 0.6 is 0 Å². The first-order chi connectivity index (χ1) is 16.6. The zero-order valence-electron chi connectivity index (χ0n) is 19.5. The smallest absolute Gasteiger partial charge is 0.317 e. The van der Waals surface area contributed by atoms with Gasteiger partial charge in [0, 0.05) is 48.7 Å². The summed E-state index contributed by atoms with van der Waals surface area (Å²) in [7, 11) is 0. The summed E-state index contributed by atoms with van der Waals surface area (Å²) in [5.41, 5.74) is 2.90. The molecule has 2 amide bonds. The number of rotatable bonds is 4. The summed E-state index contributed by atoms with van der Waals surface area (Å²) in [5, 5.41) is 7.88. The number of likely N-dealkylation sites (tertiary alicyclic amines) is 1. The van der Waals surface area contributed by atoms with E-state index in [1.807, 2.05) is 39.8 Å². The number of furan rings is 1. The van der Waals surface area contributed by atoms with Gasteiger partial charge in [0.15, 0.2) is 0 Å². The van der Waals surface area contributed by atoms with E-state index in [9.17, 15) is 9.59 Å². The van der Waals surface area contributed by atoms with Crippen LogP contribution in [0.25, 0.3) is 11.0 Å². The maximum atomic E-state index is 13.1. The number of carbonyl (C=O) groups excluding carboxylic acids is 1. The molecule has 178 valence electrons. The van der Waals surface area contributed by atoms with E-state index in [2.05, 4.69) is 16.7 Å². The first-order valence-electron chi connectivity index (χ1n) is 12.6. The molecule has 2 aromatic heterocycles. The zero-order valence-corrected chi connectivity index (χ0v) is 19.5. The van der Waals surface area contributed by atoms with Crippen LogP contribution in [0.4, 0.5) is 10.5 Å². The molecule has 1 saturated carbocycles. The Bertz CT molecular complexity index is 1220. The Morgan fingerprint density at radius 3 is 2.74 bits per heavy atom. The molecule has 2 bridgehead atoms. The molecule has 4 heterocycles. The van der Waals surface area contributed by atoms with Crippen LogP contribution in [-0.4, -0.2) is 34.6 Å². The van der Waals surface area contributed by atoms with Crippen LogP contribution in [0.1, 0.15) is 55.9 Å². The zero-order chi connectivity index (χ0) is 23.1. The number of aromatic nitrogens is 1. The molecule has 2 fully saturated rings. The van der Waals surface area contributed by atoms with E-state index >= 15 is 0 Å². The fraction of sp³-hybridized carbons (Fsp3) is 0.481. The van der Waals surface area contributed by atoms with Gasteiger partial charge in [-0.25, -0.2) is 4.79 Å². The number of anilines is 1. The summed E-state index contributed by atoms with van der Waals surface area (Å²) in [6, 6.07) is 13.9. The number of carbonyl (C=O) groups is 1. The second-order valence-electron chi connectivity index (χ2n) is 10.2. The Morgan fingerprint density at radius 2 is 1.88 bits per heavy atom.